The lowest BCUT2D eigenvalue weighted by Crippen LogP contribution is -2.29. The summed E-state index contributed by atoms with van der Waals surface area (Å²) in [6, 6.07) is 9.36. The van der Waals surface area contributed by atoms with Gasteiger partial charge in [-0.05, 0) is 37.3 Å². The van der Waals surface area contributed by atoms with Crippen LogP contribution in [0.2, 0.25) is 0 Å². The monoisotopic (exact) mass is 429 g/mol. The fourth-order valence-electron chi connectivity index (χ4n) is 2.84. The number of halogens is 4. The van der Waals surface area contributed by atoms with Crippen molar-refractivity contribution < 1.29 is 30.8 Å². The van der Waals surface area contributed by atoms with Crippen molar-refractivity contribution in [3.8, 4) is 0 Å². The third kappa shape index (κ3) is 3.95. The Labute approximate surface area is 163 Å². The number of aromatic nitrogens is 2. The van der Waals surface area contributed by atoms with E-state index in [1.54, 1.807) is 18.2 Å². The zero-order valence-corrected chi connectivity index (χ0v) is 15.7. The standard InChI is InChI=1S/C18H15F4N3O3S/c1-10(15-24-13-7-2-3-8-14(13)25(15)17(19)20)23-16(26)11-5-4-6-12(9-11)29(27,28)18(21)22/h2-10,17-18H,1H3,(H,23,26). The number of benzene rings is 2. The number of fused-ring (bicyclic) bond motifs is 1. The maximum absolute atomic E-state index is 13.5. The van der Waals surface area contributed by atoms with Gasteiger partial charge >= 0.3 is 12.3 Å². The molecule has 2 aromatic carbocycles. The summed E-state index contributed by atoms with van der Waals surface area (Å²) in [6.45, 7) is -1.48. The molecule has 0 fully saturated rings. The third-order valence-electron chi connectivity index (χ3n) is 4.21. The van der Waals surface area contributed by atoms with Crippen LogP contribution in [0.15, 0.2) is 53.4 Å². The number of hydrogen-bond donors (Lipinski definition) is 1. The number of imidazole rings is 1. The van der Waals surface area contributed by atoms with E-state index < -0.39 is 39.0 Å². The molecule has 29 heavy (non-hydrogen) atoms. The van der Waals surface area contributed by atoms with Crippen molar-refractivity contribution in [2.75, 3.05) is 0 Å². The minimum atomic E-state index is -4.88. The van der Waals surface area contributed by atoms with Crippen LogP contribution < -0.4 is 5.32 Å². The summed E-state index contributed by atoms with van der Waals surface area (Å²) in [6.07, 6.45) is 0. The topological polar surface area (TPSA) is 81.1 Å². The molecule has 1 atom stereocenters. The molecule has 1 aromatic heterocycles. The van der Waals surface area contributed by atoms with Crippen molar-refractivity contribution in [2.24, 2.45) is 0 Å². The van der Waals surface area contributed by atoms with Crippen LogP contribution in [0.4, 0.5) is 17.6 Å². The van der Waals surface area contributed by atoms with E-state index in [0.29, 0.717) is 10.1 Å². The Bertz CT molecular complexity index is 1160. The molecule has 1 unspecified atom stereocenters. The van der Waals surface area contributed by atoms with Gasteiger partial charge in [-0.1, -0.05) is 18.2 Å². The number of carbonyl (C=O) groups is 1. The molecule has 11 heteroatoms. The van der Waals surface area contributed by atoms with Crippen LogP contribution in [0.3, 0.4) is 0 Å². The molecule has 0 spiro atoms. The first-order chi connectivity index (χ1) is 13.6. The highest BCUT2D eigenvalue weighted by atomic mass is 32.2. The second-order valence-electron chi connectivity index (χ2n) is 6.14. The average Bonchev–Trinajstić information content (AvgIpc) is 3.08. The maximum atomic E-state index is 13.5. The molecule has 6 nitrogen and oxygen atoms in total. The van der Waals surface area contributed by atoms with Gasteiger partial charge in [-0.15, -0.1) is 0 Å². The van der Waals surface area contributed by atoms with E-state index in [-0.39, 0.29) is 16.9 Å². The smallest absolute Gasteiger partial charge is 0.341 e. The SMILES string of the molecule is CC(NC(=O)c1cccc(S(=O)(=O)C(F)F)c1)c1nc2ccccc2n1C(F)F. The van der Waals surface area contributed by atoms with Gasteiger partial charge in [-0.3, -0.25) is 9.36 Å². The Kier molecular flexibility index (Phi) is 5.60. The van der Waals surface area contributed by atoms with Crippen LogP contribution >= 0.6 is 0 Å². The quantitative estimate of drug-likeness (QED) is 0.603. The van der Waals surface area contributed by atoms with Gasteiger partial charge in [0.2, 0.25) is 9.84 Å². The Morgan fingerprint density at radius 2 is 1.76 bits per heavy atom. The van der Waals surface area contributed by atoms with E-state index in [0.717, 1.165) is 18.2 Å². The van der Waals surface area contributed by atoms with Crippen LogP contribution in [-0.2, 0) is 9.84 Å². The lowest BCUT2D eigenvalue weighted by Gasteiger charge is -2.16. The van der Waals surface area contributed by atoms with Gasteiger partial charge in [0.1, 0.15) is 5.82 Å². The number of rotatable bonds is 6. The lowest BCUT2D eigenvalue weighted by atomic mass is 10.2. The largest absolute Gasteiger partial charge is 0.342 e. The first-order valence-electron chi connectivity index (χ1n) is 8.31. The fourth-order valence-corrected chi connectivity index (χ4v) is 3.60. The molecule has 0 radical (unpaired) electrons. The average molecular weight is 429 g/mol. The molecule has 0 bridgehead atoms. The fraction of sp³-hybridized carbons (Fsp3) is 0.222. The van der Waals surface area contributed by atoms with Crippen LogP contribution in [0.5, 0.6) is 0 Å². The molecule has 154 valence electrons. The van der Waals surface area contributed by atoms with Gasteiger partial charge in [0.05, 0.1) is 22.0 Å². The van der Waals surface area contributed by atoms with Gasteiger partial charge < -0.3 is 5.32 Å². The molecule has 1 N–H and O–H groups in total. The van der Waals surface area contributed by atoms with E-state index in [1.807, 2.05) is 0 Å². The molecule has 0 saturated heterocycles. The number of nitrogens with zero attached hydrogens (tertiary/aromatic N) is 2. The molecule has 0 aliphatic carbocycles. The number of sulfone groups is 1. The van der Waals surface area contributed by atoms with E-state index in [9.17, 15) is 30.8 Å². The van der Waals surface area contributed by atoms with Crippen molar-refractivity contribution >= 4 is 26.8 Å². The van der Waals surface area contributed by atoms with Crippen LogP contribution in [0, 0.1) is 0 Å². The number of para-hydroxylation sites is 2. The summed E-state index contributed by atoms with van der Waals surface area (Å²) in [5, 5.41) is 2.44. The van der Waals surface area contributed by atoms with Crippen LogP contribution in [-0.4, -0.2) is 29.6 Å². The van der Waals surface area contributed by atoms with Crippen LogP contribution in [0.1, 0.15) is 35.7 Å². The number of hydrogen-bond acceptors (Lipinski definition) is 4. The summed E-state index contributed by atoms with van der Waals surface area (Å²) < 4.78 is 76.4. The molecule has 1 amide bonds. The normalized spacial score (nSPS) is 13.2. The summed E-state index contributed by atoms with van der Waals surface area (Å²) >= 11 is 0. The van der Waals surface area contributed by atoms with Crippen molar-refractivity contribution in [3.63, 3.8) is 0 Å². The second kappa shape index (κ2) is 7.82. The predicted molar refractivity (Wildman–Crippen MR) is 96.5 cm³/mol. The van der Waals surface area contributed by atoms with Crippen molar-refractivity contribution in [1.29, 1.82) is 0 Å². The maximum Gasteiger partial charge on any atom is 0.341 e. The first kappa shape index (κ1) is 20.8. The Morgan fingerprint density at radius 1 is 1.07 bits per heavy atom. The minimum Gasteiger partial charge on any atom is -0.342 e. The number of alkyl halides is 4. The molecule has 3 rings (SSSR count). The van der Waals surface area contributed by atoms with Gasteiger partial charge in [0.25, 0.3) is 5.91 Å². The Morgan fingerprint density at radius 3 is 2.41 bits per heavy atom. The van der Waals surface area contributed by atoms with Crippen molar-refractivity contribution in [3.05, 3.63) is 59.9 Å². The van der Waals surface area contributed by atoms with E-state index in [2.05, 4.69) is 10.3 Å². The zero-order chi connectivity index (χ0) is 21.3. The predicted octanol–water partition coefficient (Wildman–Crippen LogP) is 3.92. The van der Waals surface area contributed by atoms with Crippen LogP contribution in [0.25, 0.3) is 11.0 Å². The summed E-state index contributed by atoms with van der Waals surface area (Å²) in [5.41, 5.74) is 0.288. The highest BCUT2D eigenvalue weighted by Crippen LogP contribution is 2.27. The molecule has 3 aromatic rings. The summed E-state index contributed by atoms with van der Waals surface area (Å²) in [5.74, 6) is -4.56. The van der Waals surface area contributed by atoms with Gasteiger partial charge in [0, 0.05) is 5.56 Å². The molecule has 0 aliphatic rings. The van der Waals surface area contributed by atoms with E-state index in [4.69, 9.17) is 0 Å². The van der Waals surface area contributed by atoms with Crippen molar-refractivity contribution in [2.45, 2.75) is 30.2 Å². The minimum absolute atomic E-state index is 0.106. The second-order valence-corrected chi connectivity index (χ2v) is 8.05. The first-order valence-corrected chi connectivity index (χ1v) is 9.85. The highest BCUT2D eigenvalue weighted by Gasteiger charge is 2.28. The number of amides is 1. The van der Waals surface area contributed by atoms with E-state index in [1.165, 1.54) is 19.1 Å². The molecule has 0 aliphatic heterocycles. The molecular formula is C18H15F4N3O3S. The van der Waals surface area contributed by atoms with Gasteiger partial charge in [-0.25, -0.2) is 13.4 Å². The van der Waals surface area contributed by atoms with Gasteiger partial charge in [-0.2, -0.15) is 17.6 Å². The van der Waals surface area contributed by atoms with Crippen molar-refractivity contribution in [1.82, 2.24) is 14.9 Å². The zero-order valence-electron chi connectivity index (χ0n) is 14.9. The number of carbonyl (C=O) groups excluding carboxylic acids is 1. The summed E-state index contributed by atoms with van der Waals surface area (Å²) in [7, 11) is -4.88. The molecular weight excluding hydrogens is 414 g/mol. The Balaban J connectivity index is 1.91. The van der Waals surface area contributed by atoms with E-state index >= 15 is 0 Å². The molecule has 1 heterocycles. The van der Waals surface area contributed by atoms with Gasteiger partial charge in [0.15, 0.2) is 0 Å². The lowest BCUT2D eigenvalue weighted by molar-refractivity contribution is 0.0688. The highest BCUT2D eigenvalue weighted by molar-refractivity contribution is 7.91. The Hall–Kier alpha value is -2.95. The summed E-state index contributed by atoms with van der Waals surface area (Å²) in [4.78, 5) is 15.9. The number of nitrogens with one attached hydrogen (secondary N) is 1. The third-order valence-corrected chi connectivity index (χ3v) is 5.59. The molecule has 0 saturated carbocycles.